The Balaban J connectivity index is 3.40. The van der Waals surface area contributed by atoms with Gasteiger partial charge in [-0.05, 0) is 0 Å². The van der Waals surface area contributed by atoms with E-state index in [0.717, 1.165) is 6.07 Å². The summed E-state index contributed by atoms with van der Waals surface area (Å²) < 4.78 is 21.9. The second kappa shape index (κ2) is 1.85. The van der Waals surface area contributed by atoms with Crippen molar-refractivity contribution in [1.29, 1.82) is 5.26 Å². The standard InChI is InChI=1S/C3H2F2NO/c4-3(5,7)1-2-6/h1H2. The zero-order valence-corrected chi connectivity index (χ0v) is 3.32. The molecule has 0 aromatic rings. The maximum absolute atomic E-state index is 10.9. The first kappa shape index (κ1) is 6.31. The lowest BCUT2D eigenvalue weighted by Crippen LogP contribution is -2.09. The van der Waals surface area contributed by atoms with Gasteiger partial charge in [0.15, 0.2) is 0 Å². The number of halogens is 2. The van der Waals surface area contributed by atoms with E-state index in [0.29, 0.717) is 0 Å². The maximum Gasteiger partial charge on any atom is 0.394 e. The summed E-state index contributed by atoms with van der Waals surface area (Å²) in [4.78, 5) is 0. The number of alkyl halides is 2. The minimum atomic E-state index is -4.06. The molecule has 39 valence electrons. The van der Waals surface area contributed by atoms with Crippen LogP contribution in [-0.2, 0) is 5.11 Å². The zero-order valence-electron chi connectivity index (χ0n) is 3.32. The summed E-state index contributed by atoms with van der Waals surface area (Å²) in [7, 11) is 0. The molecule has 0 aromatic heterocycles. The van der Waals surface area contributed by atoms with Gasteiger partial charge in [0.05, 0.1) is 6.07 Å². The predicted octanol–water partition coefficient (Wildman–Crippen LogP) is 0.923. The molecule has 0 saturated heterocycles. The minimum absolute atomic E-state index is 1.05. The smallest absolute Gasteiger partial charge is 0.198 e. The van der Waals surface area contributed by atoms with Crippen LogP contribution < -0.4 is 0 Å². The molecule has 4 heteroatoms. The second-order valence-corrected chi connectivity index (χ2v) is 0.972. The Morgan fingerprint density at radius 1 is 1.71 bits per heavy atom. The van der Waals surface area contributed by atoms with Gasteiger partial charge in [-0.1, -0.05) is 0 Å². The van der Waals surface area contributed by atoms with E-state index in [-0.39, 0.29) is 0 Å². The van der Waals surface area contributed by atoms with E-state index in [9.17, 15) is 8.78 Å². The summed E-state index contributed by atoms with van der Waals surface area (Å²) >= 11 is 0. The van der Waals surface area contributed by atoms with Gasteiger partial charge in [0.2, 0.25) is 0 Å². The first-order valence-electron chi connectivity index (χ1n) is 1.51. The summed E-state index contributed by atoms with van der Waals surface area (Å²) in [6.45, 7) is 0. The average Bonchev–Trinajstić information content (AvgIpc) is 1.30. The first-order valence-corrected chi connectivity index (χ1v) is 1.51. The molecule has 0 spiro atoms. The summed E-state index contributed by atoms with van der Waals surface area (Å²) in [6, 6.07) is 1.05. The first-order chi connectivity index (χ1) is 3.06. The topological polar surface area (TPSA) is 43.7 Å². The van der Waals surface area contributed by atoms with Crippen LogP contribution in [0.15, 0.2) is 0 Å². The van der Waals surface area contributed by atoms with Gasteiger partial charge in [-0.25, -0.2) is 0 Å². The van der Waals surface area contributed by atoms with Gasteiger partial charge in [-0.15, -0.1) is 0 Å². The molecule has 0 atom stereocenters. The molecule has 2 nitrogen and oxygen atoms in total. The quantitative estimate of drug-likeness (QED) is 0.490. The molecular formula is C3H2F2NO. The number of nitrogens with zero attached hydrogens (tertiary/aromatic N) is 1. The number of rotatable bonds is 1. The van der Waals surface area contributed by atoms with Crippen molar-refractivity contribution in [1.82, 2.24) is 0 Å². The van der Waals surface area contributed by atoms with Gasteiger partial charge in [0.1, 0.15) is 6.42 Å². The predicted molar refractivity (Wildman–Crippen MR) is 15.9 cm³/mol. The molecule has 0 amide bonds. The maximum atomic E-state index is 10.9. The van der Waals surface area contributed by atoms with Crippen LogP contribution in [0.1, 0.15) is 6.42 Å². The Kier molecular flexibility index (Phi) is 1.66. The van der Waals surface area contributed by atoms with Crippen LogP contribution in [-0.4, -0.2) is 6.11 Å². The Labute approximate surface area is 39.0 Å². The molecule has 0 rings (SSSR count). The highest BCUT2D eigenvalue weighted by Crippen LogP contribution is 2.11. The monoisotopic (exact) mass is 106 g/mol. The largest absolute Gasteiger partial charge is 0.394 e. The molecule has 0 fully saturated rings. The number of hydrogen-bond acceptors (Lipinski definition) is 1. The molecule has 0 aliphatic rings. The summed E-state index contributed by atoms with van der Waals surface area (Å²) in [6.07, 6.45) is -5.30. The fraction of sp³-hybridized carbons (Fsp3) is 0.667. The van der Waals surface area contributed by atoms with Gasteiger partial charge < -0.3 is 0 Å². The fourth-order valence-corrected chi connectivity index (χ4v) is 0.0920. The van der Waals surface area contributed by atoms with E-state index in [1.165, 1.54) is 0 Å². The van der Waals surface area contributed by atoms with Crippen LogP contribution in [0.3, 0.4) is 0 Å². The molecule has 0 heterocycles. The Morgan fingerprint density at radius 2 is 2.14 bits per heavy atom. The molecule has 0 saturated carbocycles. The van der Waals surface area contributed by atoms with Crippen LogP contribution in [0.25, 0.3) is 0 Å². The lowest BCUT2D eigenvalue weighted by molar-refractivity contribution is -0.236. The molecule has 0 aliphatic heterocycles. The van der Waals surface area contributed by atoms with Crippen molar-refractivity contribution < 1.29 is 13.9 Å². The van der Waals surface area contributed by atoms with E-state index in [2.05, 4.69) is 0 Å². The normalized spacial score (nSPS) is 10.6. The summed E-state index contributed by atoms with van der Waals surface area (Å²) in [5.41, 5.74) is 0. The lowest BCUT2D eigenvalue weighted by Gasteiger charge is -1.94. The van der Waals surface area contributed by atoms with E-state index in [1.807, 2.05) is 0 Å². The third-order valence-electron chi connectivity index (χ3n) is 0.285. The van der Waals surface area contributed by atoms with Crippen molar-refractivity contribution in [2.75, 3.05) is 0 Å². The van der Waals surface area contributed by atoms with Crippen molar-refractivity contribution >= 4 is 0 Å². The van der Waals surface area contributed by atoms with Crippen molar-refractivity contribution in [2.24, 2.45) is 0 Å². The van der Waals surface area contributed by atoms with Gasteiger partial charge in [-0.3, -0.25) is 0 Å². The fourth-order valence-electron chi connectivity index (χ4n) is 0.0920. The third kappa shape index (κ3) is 5.31. The lowest BCUT2D eigenvalue weighted by atomic mass is 10.5. The Hall–Kier alpha value is -0.690. The van der Waals surface area contributed by atoms with Crippen molar-refractivity contribution in [2.45, 2.75) is 12.5 Å². The number of hydrogen-bond donors (Lipinski definition) is 0. The molecule has 0 unspecified atom stereocenters. The van der Waals surface area contributed by atoms with Gasteiger partial charge in [-0.2, -0.15) is 19.1 Å². The van der Waals surface area contributed by atoms with Crippen LogP contribution >= 0.6 is 0 Å². The third-order valence-corrected chi connectivity index (χ3v) is 0.285. The SMILES string of the molecule is N#CCC([O])(F)F. The molecule has 7 heavy (non-hydrogen) atoms. The van der Waals surface area contributed by atoms with Gasteiger partial charge in [0.25, 0.3) is 0 Å². The van der Waals surface area contributed by atoms with E-state index in [1.54, 1.807) is 0 Å². The highest BCUT2D eigenvalue weighted by molar-refractivity contribution is 4.73. The van der Waals surface area contributed by atoms with Crippen molar-refractivity contribution in [3.05, 3.63) is 0 Å². The molecule has 0 bridgehead atoms. The van der Waals surface area contributed by atoms with Crippen LogP contribution in [0.2, 0.25) is 0 Å². The van der Waals surface area contributed by atoms with E-state index in [4.69, 9.17) is 10.4 Å². The van der Waals surface area contributed by atoms with Crippen LogP contribution in [0.4, 0.5) is 8.78 Å². The highest BCUT2D eigenvalue weighted by Gasteiger charge is 2.25. The van der Waals surface area contributed by atoms with E-state index >= 15 is 0 Å². The van der Waals surface area contributed by atoms with Gasteiger partial charge in [0, 0.05) is 0 Å². The minimum Gasteiger partial charge on any atom is -0.198 e. The summed E-state index contributed by atoms with van der Waals surface area (Å²) in [5.74, 6) is 0. The molecular weight excluding hydrogens is 104 g/mol. The Morgan fingerprint density at radius 3 is 2.14 bits per heavy atom. The van der Waals surface area contributed by atoms with Crippen molar-refractivity contribution in [3.8, 4) is 6.07 Å². The van der Waals surface area contributed by atoms with Crippen molar-refractivity contribution in [3.63, 3.8) is 0 Å². The second-order valence-electron chi connectivity index (χ2n) is 0.972. The van der Waals surface area contributed by atoms with Gasteiger partial charge >= 0.3 is 6.11 Å². The van der Waals surface area contributed by atoms with E-state index < -0.39 is 12.5 Å². The molecule has 0 N–H and O–H groups in total. The molecule has 0 aromatic carbocycles. The highest BCUT2D eigenvalue weighted by atomic mass is 19.3. The molecule has 0 aliphatic carbocycles. The zero-order chi connectivity index (χ0) is 5.91. The number of nitriles is 1. The molecule has 1 radical (unpaired) electrons. The average molecular weight is 106 g/mol. The Bertz CT molecular complexity index is 90.1. The summed E-state index contributed by atoms with van der Waals surface area (Å²) in [5, 5.41) is 16.6. The van der Waals surface area contributed by atoms with Crippen LogP contribution in [0, 0.1) is 11.3 Å². The van der Waals surface area contributed by atoms with Crippen LogP contribution in [0.5, 0.6) is 0 Å².